The van der Waals surface area contributed by atoms with E-state index in [2.05, 4.69) is 4.90 Å². The van der Waals surface area contributed by atoms with Gasteiger partial charge in [0.1, 0.15) is 10.6 Å². The van der Waals surface area contributed by atoms with Crippen molar-refractivity contribution in [3.8, 4) is 5.75 Å². The van der Waals surface area contributed by atoms with Crippen LogP contribution in [-0.2, 0) is 21.4 Å². The van der Waals surface area contributed by atoms with E-state index < -0.39 is 10.1 Å². The van der Waals surface area contributed by atoms with Crippen LogP contribution >= 0.6 is 34.8 Å². The number of halogens is 3. The standard InChI is InChI=1S/C29H31Cl3N2O5S/c1-3-33(4-2)21-12-11-20(28(16-21)39-40(36,37)23-13-14-26(31)27(32)17-23)18-34(19-22-8-7-15-38-22)29(35)24-9-5-6-10-25(24)30/h5-6,9-14,16-17,22H,3-4,7-8,15,18-19H2,1-2H3. The lowest BCUT2D eigenvalue weighted by Crippen LogP contribution is -2.37. The van der Waals surface area contributed by atoms with Crippen LogP contribution in [0.5, 0.6) is 5.75 Å². The average molecular weight is 626 g/mol. The molecule has 1 atom stereocenters. The highest BCUT2D eigenvalue weighted by Gasteiger charge is 2.27. The fourth-order valence-electron chi connectivity index (χ4n) is 4.60. The number of benzene rings is 3. The molecule has 11 heteroatoms. The van der Waals surface area contributed by atoms with Gasteiger partial charge >= 0.3 is 10.1 Å². The second-order valence-corrected chi connectivity index (χ2v) is 12.1. The Bertz CT molecular complexity index is 1460. The molecule has 0 aliphatic carbocycles. The van der Waals surface area contributed by atoms with Gasteiger partial charge in [-0.2, -0.15) is 8.42 Å². The van der Waals surface area contributed by atoms with Crippen molar-refractivity contribution in [2.24, 2.45) is 0 Å². The molecule has 3 aromatic rings. The van der Waals surface area contributed by atoms with Crippen molar-refractivity contribution in [1.29, 1.82) is 0 Å². The van der Waals surface area contributed by atoms with Gasteiger partial charge < -0.3 is 18.7 Å². The normalized spacial score (nSPS) is 15.2. The van der Waals surface area contributed by atoms with E-state index in [4.69, 9.17) is 43.7 Å². The summed E-state index contributed by atoms with van der Waals surface area (Å²) >= 11 is 18.5. The van der Waals surface area contributed by atoms with E-state index in [1.54, 1.807) is 41.3 Å². The summed E-state index contributed by atoms with van der Waals surface area (Å²) in [5.41, 5.74) is 1.65. The van der Waals surface area contributed by atoms with E-state index >= 15 is 0 Å². The van der Waals surface area contributed by atoms with E-state index in [1.165, 1.54) is 18.2 Å². The van der Waals surface area contributed by atoms with Gasteiger partial charge in [0.25, 0.3) is 5.91 Å². The van der Waals surface area contributed by atoms with Crippen molar-refractivity contribution in [2.45, 2.75) is 44.2 Å². The summed E-state index contributed by atoms with van der Waals surface area (Å²) in [6.45, 7) is 6.48. The summed E-state index contributed by atoms with van der Waals surface area (Å²) in [6, 6.07) is 16.2. The number of carbonyl (C=O) groups excluding carboxylic acids is 1. The third kappa shape index (κ3) is 7.22. The van der Waals surface area contributed by atoms with E-state index in [1.807, 2.05) is 19.9 Å². The molecule has 1 heterocycles. The molecule has 1 unspecified atom stereocenters. The van der Waals surface area contributed by atoms with Crippen molar-refractivity contribution < 1.29 is 22.1 Å². The molecule has 0 bridgehead atoms. The Hall–Kier alpha value is -2.49. The molecule has 1 aliphatic heterocycles. The molecule has 1 saturated heterocycles. The third-order valence-corrected chi connectivity index (χ3v) is 9.06. The van der Waals surface area contributed by atoms with Crippen molar-refractivity contribution in [2.75, 3.05) is 31.1 Å². The number of nitrogens with zero attached hydrogens (tertiary/aromatic N) is 2. The first kappa shape index (κ1) is 30.5. The van der Waals surface area contributed by atoms with E-state index in [9.17, 15) is 13.2 Å². The van der Waals surface area contributed by atoms with Gasteiger partial charge in [-0.25, -0.2) is 0 Å². The zero-order chi connectivity index (χ0) is 28.9. The first-order valence-electron chi connectivity index (χ1n) is 13.1. The van der Waals surface area contributed by atoms with Crippen molar-refractivity contribution in [3.63, 3.8) is 0 Å². The lowest BCUT2D eigenvalue weighted by Gasteiger charge is -2.28. The lowest BCUT2D eigenvalue weighted by atomic mass is 10.1. The Kier molecular flexibility index (Phi) is 10.2. The minimum Gasteiger partial charge on any atom is -0.379 e. The van der Waals surface area contributed by atoms with E-state index in [-0.39, 0.29) is 39.2 Å². The molecule has 0 saturated carbocycles. The maximum absolute atomic E-state index is 13.7. The molecule has 4 rings (SSSR count). The van der Waals surface area contributed by atoms with Crippen LogP contribution in [0.25, 0.3) is 0 Å². The van der Waals surface area contributed by atoms with Crippen LogP contribution in [0.15, 0.2) is 65.6 Å². The molecular formula is C29H31Cl3N2O5S. The van der Waals surface area contributed by atoms with Gasteiger partial charge in [-0.05, 0) is 63.1 Å². The molecule has 3 aromatic carbocycles. The Morgan fingerprint density at radius 2 is 1.73 bits per heavy atom. The quantitative estimate of drug-likeness (QED) is 0.212. The van der Waals surface area contributed by atoms with Crippen LogP contribution in [0.2, 0.25) is 15.1 Å². The number of carbonyl (C=O) groups is 1. The largest absolute Gasteiger partial charge is 0.379 e. The topological polar surface area (TPSA) is 76.2 Å². The Balaban J connectivity index is 1.74. The van der Waals surface area contributed by atoms with Crippen LogP contribution in [0.1, 0.15) is 42.6 Å². The minimum absolute atomic E-state index is 0.0780. The number of hydrogen-bond donors (Lipinski definition) is 0. The number of amides is 1. The maximum atomic E-state index is 13.7. The first-order chi connectivity index (χ1) is 19.1. The molecule has 0 radical (unpaired) electrons. The zero-order valence-corrected chi connectivity index (χ0v) is 25.4. The van der Waals surface area contributed by atoms with Gasteiger partial charge in [-0.15, -0.1) is 0 Å². The third-order valence-electron chi connectivity index (χ3n) is 6.76. The highest BCUT2D eigenvalue weighted by atomic mass is 35.5. The SMILES string of the molecule is CCN(CC)c1ccc(CN(CC2CCCO2)C(=O)c2ccccc2Cl)c(OS(=O)(=O)c2ccc(Cl)c(Cl)c2)c1. The van der Waals surface area contributed by atoms with Crippen LogP contribution in [0.3, 0.4) is 0 Å². The average Bonchev–Trinajstić information content (AvgIpc) is 3.44. The lowest BCUT2D eigenvalue weighted by molar-refractivity contribution is 0.0506. The number of ether oxygens (including phenoxy) is 1. The maximum Gasteiger partial charge on any atom is 0.339 e. The van der Waals surface area contributed by atoms with Gasteiger partial charge in [0.15, 0.2) is 0 Å². The second kappa shape index (κ2) is 13.4. The zero-order valence-electron chi connectivity index (χ0n) is 22.3. The van der Waals surface area contributed by atoms with E-state index in [0.29, 0.717) is 42.4 Å². The highest BCUT2D eigenvalue weighted by Crippen LogP contribution is 2.32. The summed E-state index contributed by atoms with van der Waals surface area (Å²) in [5, 5.41) is 0.657. The number of hydrogen-bond acceptors (Lipinski definition) is 6. The van der Waals surface area contributed by atoms with Gasteiger partial charge in [0, 0.05) is 50.1 Å². The van der Waals surface area contributed by atoms with Crippen LogP contribution in [0, 0.1) is 0 Å². The Labute approximate surface area is 250 Å². The van der Waals surface area contributed by atoms with Crippen LogP contribution in [-0.4, -0.2) is 51.6 Å². The van der Waals surface area contributed by atoms with Gasteiger partial charge in [-0.3, -0.25) is 4.79 Å². The molecule has 0 aromatic heterocycles. The van der Waals surface area contributed by atoms with Crippen molar-refractivity contribution >= 4 is 56.5 Å². The number of rotatable bonds is 11. The first-order valence-corrected chi connectivity index (χ1v) is 15.6. The predicted octanol–water partition coefficient (Wildman–Crippen LogP) is 7.08. The molecule has 214 valence electrons. The van der Waals surface area contributed by atoms with Crippen molar-refractivity contribution in [1.82, 2.24) is 4.90 Å². The van der Waals surface area contributed by atoms with E-state index in [0.717, 1.165) is 18.5 Å². The van der Waals surface area contributed by atoms with Crippen molar-refractivity contribution in [3.05, 3.63) is 86.9 Å². The highest BCUT2D eigenvalue weighted by molar-refractivity contribution is 7.87. The molecule has 1 amide bonds. The van der Waals surface area contributed by atoms with Gasteiger partial charge in [-0.1, -0.05) is 53.0 Å². The molecule has 1 aliphatic rings. The summed E-state index contributed by atoms with van der Waals surface area (Å²) in [5.74, 6) is -0.174. The van der Waals surface area contributed by atoms with Crippen LogP contribution < -0.4 is 9.08 Å². The smallest absolute Gasteiger partial charge is 0.339 e. The van der Waals surface area contributed by atoms with Crippen LogP contribution in [0.4, 0.5) is 5.69 Å². The van der Waals surface area contributed by atoms with Gasteiger partial charge in [0.2, 0.25) is 0 Å². The molecule has 0 N–H and O–H groups in total. The fourth-order valence-corrected chi connectivity index (χ4v) is 6.16. The second-order valence-electron chi connectivity index (χ2n) is 9.38. The van der Waals surface area contributed by atoms with Gasteiger partial charge in [0.05, 0.1) is 26.7 Å². The molecule has 40 heavy (non-hydrogen) atoms. The molecule has 0 spiro atoms. The molecule has 7 nitrogen and oxygen atoms in total. The Morgan fingerprint density at radius 3 is 2.38 bits per heavy atom. The Morgan fingerprint density at radius 1 is 0.975 bits per heavy atom. The molecular weight excluding hydrogens is 595 g/mol. The minimum atomic E-state index is -4.28. The summed E-state index contributed by atoms with van der Waals surface area (Å²) in [4.78, 5) is 17.3. The predicted molar refractivity (Wildman–Crippen MR) is 159 cm³/mol. The fraction of sp³-hybridized carbons (Fsp3) is 0.345. The number of anilines is 1. The summed E-state index contributed by atoms with van der Waals surface area (Å²) in [7, 11) is -4.28. The summed E-state index contributed by atoms with van der Waals surface area (Å²) in [6.07, 6.45) is 1.60. The monoisotopic (exact) mass is 624 g/mol. The summed E-state index contributed by atoms with van der Waals surface area (Å²) < 4.78 is 38.2. The molecule has 1 fully saturated rings.